The average molecular weight is 327 g/mol. The van der Waals surface area contributed by atoms with E-state index in [9.17, 15) is 30.8 Å². The summed E-state index contributed by atoms with van der Waals surface area (Å²) < 4.78 is 75.7. The van der Waals surface area contributed by atoms with Crippen LogP contribution in [0.15, 0.2) is 6.07 Å². The van der Waals surface area contributed by atoms with Gasteiger partial charge in [0, 0.05) is 13.1 Å². The highest BCUT2D eigenvalue weighted by Crippen LogP contribution is 2.22. The summed E-state index contributed by atoms with van der Waals surface area (Å²) >= 11 is 0. The van der Waals surface area contributed by atoms with E-state index in [1.165, 1.54) is 0 Å². The highest BCUT2D eigenvalue weighted by molar-refractivity contribution is 7.87. The van der Waals surface area contributed by atoms with E-state index in [1.54, 1.807) is 0 Å². The van der Waals surface area contributed by atoms with Gasteiger partial charge in [0.25, 0.3) is 16.1 Å². The maximum Gasteiger partial charge on any atom is 0.274 e. The molecule has 1 amide bonds. The van der Waals surface area contributed by atoms with Gasteiger partial charge in [-0.2, -0.15) is 13.1 Å². The van der Waals surface area contributed by atoms with Crippen molar-refractivity contribution in [1.82, 2.24) is 9.62 Å². The van der Waals surface area contributed by atoms with Gasteiger partial charge in [-0.3, -0.25) is 4.79 Å². The predicted octanol–water partition coefficient (Wildman–Crippen LogP) is -0.139. The Morgan fingerprint density at radius 3 is 2.29 bits per heavy atom. The van der Waals surface area contributed by atoms with Crippen molar-refractivity contribution < 1.29 is 30.8 Å². The molecule has 3 N–H and O–H groups in total. The number of benzene rings is 1. The molecule has 11 heteroatoms. The van der Waals surface area contributed by atoms with E-state index >= 15 is 0 Å². The van der Waals surface area contributed by atoms with Crippen LogP contribution in [0.1, 0.15) is 10.4 Å². The molecule has 2 rings (SSSR count). The molecule has 0 aromatic heterocycles. The first-order chi connectivity index (χ1) is 9.60. The van der Waals surface area contributed by atoms with Gasteiger partial charge in [0.2, 0.25) is 0 Å². The van der Waals surface area contributed by atoms with Gasteiger partial charge in [-0.25, -0.2) is 22.7 Å². The molecule has 6 nitrogen and oxygen atoms in total. The van der Waals surface area contributed by atoms with E-state index < -0.39 is 51.0 Å². The molecule has 1 aliphatic rings. The molecule has 0 spiro atoms. The lowest BCUT2D eigenvalue weighted by Gasteiger charge is -2.38. The van der Waals surface area contributed by atoms with Crippen LogP contribution in [0.4, 0.5) is 17.6 Å². The van der Waals surface area contributed by atoms with E-state index in [0.29, 0.717) is 0 Å². The lowest BCUT2D eigenvalue weighted by atomic mass is 10.1. The minimum atomic E-state index is -3.96. The van der Waals surface area contributed by atoms with Crippen molar-refractivity contribution in [3.8, 4) is 0 Å². The topological polar surface area (TPSA) is 92.5 Å². The fourth-order valence-electron chi connectivity index (χ4n) is 1.85. The maximum atomic E-state index is 13.4. The van der Waals surface area contributed by atoms with E-state index in [-0.39, 0.29) is 19.2 Å². The van der Waals surface area contributed by atoms with E-state index in [2.05, 4.69) is 0 Å². The number of halogens is 4. The molecule has 0 atom stereocenters. The quantitative estimate of drug-likeness (QED) is 0.460. The third kappa shape index (κ3) is 3.14. The van der Waals surface area contributed by atoms with E-state index in [4.69, 9.17) is 5.14 Å². The van der Waals surface area contributed by atoms with Crippen LogP contribution in [0.3, 0.4) is 0 Å². The van der Waals surface area contributed by atoms with Gasteiger partial charge in [-0.1, -0.05) is 0 Å². The standard InChI is InChI=1S/C10H9F4N3O3S/c11-6-1-5(7(12)9(14)8(6)13)10(18)17-2-4(3-17)16-21(15,19)20/h1,4,16H,2-3H2,(H2,15,19,20). The molecule has 1 heterocycles. The Kier molecular flexibility index (Phi) is 3.91. The first kappa shape index (κ1) is 15.7. The summed E-state index contributed by atoms with van der Waals surface area (Å²) in [5.74, 6) is -8.68. The zero-order chi connectivity index (χ0) is 15.9. The summed E-state index contributed by atoms with van der Waals surface area (Å²) in [6.45, 7) is -0.315. The van der Waals surface area contributed by atoms with Crippen molar-refractivity contribution in [3.05, 3.63) is 34.9 Å². The summed E-state index contributed by atoms with van der Waals surface area (Å²) in [6, 6.07) is -0.432. The van der Waals surface area contributed by atoms with Crippen molar-refractivity contribution in [2.45, 2.75) is 6.04 Å². The highest BCUT2D eigenvalue weighted by Gasteiger charge is 2.35. The lowest BCUT2D eigenvalue weighted by Crippen LogP contribution is -2.61. The molecular formula is C10H9F4N3O3S. The number of carbonyl (C=O) groups excluding carboxylic acids is 1. The number of nitrogens with zero attached hydrogens (tertiary/aromatic N) is 1. The fourth-order valence-corrected chi connectivity index (χ4v) is 2.46. The summed E-state index contributed by atoms with van der Waals surface area (Å²) in [5.41, 5.74) is -0.972. The number of nitrogens with one attached hydrogen (secondary N) is 1. The van der Waals surface area contributed by atoms with Gasteiger partial charge in [0.15, 0.2) is 23.3 Å². The zero-order valence-corrected chi connectivity index (χ0v) is 11.1. The monoisotopic (exact) mass is 327 g/mol. The predicted molar refractivity (Wildman–Crippen MR) is 62.2 cm³/mol. The summed E-state index contributed by atoms with van der Waals surface area (Å²) in [7, 11) is -3.96. The SMILES string of the molecule is NS(=O)(=O)NC1CN(C(=O)c2cc(F)c(F)c(F)c2F)C1. The van der Waals surface area contributed by atoms with Crippen LogP contribution in [0.25, 0.3) is 0 Å². The molecule has 0 unspecified atom stereocenters. The van der Waals surface area contributed by atoms with Gasteiger partial charge < -0.3 is 4.90 Å². The Bertz CT molecular complexity index is 704. The summed E-state index contributed by atoms with van der Waals surface area (Å²) in [6.07, 6.45) is 0. The molecule has 0 bridgehead atoms. The normalized spacial score (nSPS) is 16.0. The Morgan fingerprint density at radius 1 is 1.19 bits per heavy atom. The second kappa shape index (κ2) is 5.24. The first-order valence-electron chi connectivity index (χ1n) is 5.52. The van der Waals surface area contributed by atoms with Gasteiger partial charge in [0.1, 0.15) is 0 Å². The van der Waals surface area contributed by atoms with Crippen molar-refractivity contribution in [1.29, 1.82) is 0 Å². The fraction of sp³-hybridized carbons (Fsp3) is 0.300. The van der Waals surface area contributed by atoms with Crippen LogP contribution in [0.2, 0.25) is 0 Å². The van der Waals surface area contributed by atoms with Gasteiger partial charge in [0.05, 0.1) is 11.6 Å². The molecule has 116 valence electrons. The van der Waals surface area contributed by atoms with Crippen LogP contribution in [0, 0.1) is 23.3 Å². The van der Waals surface area contributed by atoms with Gasteiger partial charge in [-0.15, -0.1) is 0 Å². The Balaban J connectivity index is 2.13. The minimum Gasteiger partial charge on any atom is -0.335 e. The van der Waals surface area contributed by atoms with Crippen molar-refractivity contribution in [2.24, 2.45) is 5.14 Å². The first-order valence-corrected chi connectivity index (χ1v) is 7.07. The molecule has 0 aliphatic carbocycles. The summed E-state index contributed by atoms with van der Waals surface area (Å²) in [5, 5.41) is 4.72. The number of rotatable bonds is 3. The molecular weight excluding hydrogens is 318 g/mol. The largest absolute Gasteiger partial charge is 0.335 e. The second-order valence-electron chi connectivity index (χ2n) is 4.42. The number of hydrogen-bond acceptors (Lipinski definition) is 3. The minimum absolute atomic E-state index is 0.157. The van der Waals surface area contributed by atoms with Crippen LogP contribution < -0.4 is 9.86 Å². The molecule has 1 aromatic carbocycles. The average Bonchev–Trinajstić information content (AvgIpc) is 2.33. The van der Waals surface area contributed by atoms with Crippen molar-refractivity contribution >= 4 is 16.1 Å². The Labute approximate surface area is 116 Å². The van der Waals surface area contributed by atoms with Crippen LogP contribution in [-0.2, 0) is 10.2 Å². The highest BCUT2D eigenvalue weighted by atomic mass is 32.2. The van der Waals surface area contributed by atoms with Gasteiger partial charge in [-0.05, 0) is 6.07 Å². The number of hydrogen-bond donors (Lipinski definition) is 2. The lowest BCUT2D eigenvalue weighted by molar-refractivity contribution is 0.0584. The van der Waals surface area contributed by atoms with E-state index in [0.717, 1.165) is 4.90 Å². The van der Waals surface area contributed by atoms with Crippen LogP contribution in [-0.4, -0.2) is 38.4 Å². The molecule has 1 saturated heterocycles. The van der Waals surface area contributed by atoms with E-state index in [1.807, 2.05) is 4.72 Å². The molecule has 0 radical (unpaired) electrons. The third-order valence-electron chi connectivity index (χ3n) is 2.83. The van der Waals surface area contributed by atoms with Crippen molar-refractivity contribution in [2.75, 3.05) is 13.1 Å². The maximum absolute atomic E-state index is 13.4. The zero-order valence-electron chi connectivity index (χ0n) is 10.2. The van der Waals surface area contributed by atoms with Crippen molar-refractivity contribution in [3.63, 3.8) is 0 Å². The number of nitrogens with two attached hydrogens (primary N) is 1. The molecule has 1 fully saturated rings. The summed E-state index contributed by atoms with van der Waals surface area (Å²) in [4.78, 5) is 12.7. The molecule has 0 saturated carbocycles. The Morgan fingerprint density at radius 2 is 1.76 bits per heavy atom. The molecule has 1 aromatic rings. The molecule has 1 aliphatic heterocycles. The smallest absolute Gasteiger partial charge is 0.274 e. The molecule has 21 heavy (non-hydrogen) atoms. The number of likely N-dealkylation sites (tertiary alicyclic amines) is 1. The third-order valence-corrected chi connectivity index (χ3v) is 3.49. The van der Waals surface area contributed by atoms with Crippen LogP contribution in [0.5, 0.6) is 0 Å². The van der Waals surface area contributed by atoms with Crippen LogP contribution >= 0.6 is 0 Å². The number of carbonyl (C=O) groups is 1. The van der Waals surface area contributed by atoms with Gasteiger partial charge >= 0.3 is 0 Å². The Hall–Kier alpha value is -1.72. The number of amides is 1. The second-order valence-corrected chi connectivity index (χ2v) is 5.74.